The van der Waals surface area contributed by atoms with Gasteiger partial charge in [-0.05, 0) is 24.3 Å². The number of primary amides is 1. The molecule has 122 valence electrons. The molecule has 1 amide bonds. The monoisotopic (exact) mass is 325 g/mol. The van der Waals surface area contributed by atoms with E-state index < -0.39 is 11.5 Å². The quantitative estimate of drug-likeness (QED) is 0.728. The molecule has 0 fully saturated rings. The molecule has 0 unspecified atom stereocenters. The number of methoxy groups -OCH3 is 1. The van der Waals surface area contributed by atoms with Gasteiger partial charge in [-0.25, -0.2) is 4.79 Å². The molecule has 3 rings (SSSR count). The van der Waals surface area contributed by atoms with E-state index in [0.717, 1.165) is 5.39 Å². The van der Waals surface area contributed by atoms with Gasteiger partial charge in [0.1, 0.15) is 23.7 Å². The van der Waals surface area contributed by atoms with Crippen LogP contribution in [0.2, 0.25) is 0 Å². The second-order valence-corrected chi connectivity index (χ2v) is 5.10. The molecule has 2 aromatic carbocycles. The Morgan fingerprint density at radius 2 is 1.96 bits per heavy atom. The first-order valence-corrected chi connectivity index (χ1v) is 7.21. The Bertz CT molecular complexity index is 961. The fraction of sp³-hybridized carbons (Fsp3) is 0.111. The number of rotatable bonds is 5. The van der Waals surface area contributed by atoms with Gasteiger partial charge in [0.2, 0.25) is 0 Å². The Morgan fingerprint density at radius 3 is 2.71 bits per heavy atom. The summed E-state index contributed by atoms with van der Waals surface area (Å²) < 4.78 is 16.0. The third kappa shape index (κ3) is 3.08. The Balaban J connectivity index is 1.96. The van der Waals surface area contributed by atoms with Crippen LogP contribution in [0.3, 0.4) is 0 Å². The number of nitrogens with two attached hydrogens (primary N) is 1. The van der Waals surface area contributed by atoms with Gasteiger partial charge < -0.3 is 19.6 Å². The van der Waals surface area contributed by atoms with Crippen molar-refractivity contribution in [3.63, 3.8) is 0 Å². The SMILES string of the molecule is COc1ccc2c(COc3ccccc3C(N)=O)cc(=O)oc2c1. The maximum Gasteiger partial charge on any atom is 0.336 e. The van der Waals surface area contributed by atoms with Gasteiger partial charge in [0.05, 0.1) is 12.7 Å². The van der Waals surface area contributed by atoms with E-state index in [1.165, 1.54) is 13.2 Å². The van der Waals surface area contributed by atoms with Crippen molar-refractivity contribution in [2.45, 2.75) is 6.61 Å². The van der Waals surface area contributed by atoms with Gasteiger partial charge in [0.15, 0.2) is 0 Å². The molecule has 2 N–H and O–H groups in total. The molecule has 0 saturated heterocycles. The molecule has 0 aliphatic rings. The van der Waals surface area contributed by atoms with Gasteiger partial charge in [-0.3, -0.25) is 4.79 Å². The number of benzene rings is 2. The van der Waals surface area contributed by atoms with E-state index in [9.17, 15) is 9.59 Å². The highest BCUT2D eigenvalue weighted by atomic mass is 16.5. The van der Waals surface area contributed by atoms with Gasteiger partial charge in [-0.2, -0.15) is 0 Å². The minimum Gasteiger partial charge on any atom is -0.497 e. The lowest BCUT2D eigenvalue weighted by molar-refractivity contribution is 0.0996. The Kier molecular flexibility index (Phi) is 4.20. The zero-order valence-corrected chi connectivity index (χ0v) is 12.9. The van der Waals surface area contributed by atoms with Crippen LogP contribution in [0.25, 0.3) is 11.0 Å². The first kappa shape index (κ1) is 15.6. The summed E-state index contributed by atoms with van der Waals surface area (Å²) in [5, 5.41) is 0.729. The standard InChI is InChI=1S/C18H15NO5/c1-22-12-6-7-13-11(8-17(20)24-16(13)9-12)10-23-15-5-3-2-4-14(15)18(19)21/h2-9H,10H2,1H3,(H2,19,21). The molecule has 0 atom stereocenters. The third-order valence-corrected chi connectivity index (χ3v) is 3.57. The van der Waals surface area contributed by atoms with Crippen LogP contribution >= 0.6 is 0 Å². The Labute approximate surface area is 137 Å². The number of hydrogen-bond donors (Lipinski definition) is 1. The Morgan fingerprint density at radius 1 is 1.17 bits per heavy atom. The molecule has 0 saturated carbocycles. The van der Waals surface area contributed by atoms with Crippen molar-refractivity contribution in [1.82, 2.24) is 0 Å². The summed E-state index contributed by atoms with van der Waals surface area (Å²) in [5.41, 5.74) is 6.18. The van der Waals surface area contributed by atoms with Crippen molar-refractivity contribution in [2.24, 2.45) is 5.73 Å². The highest BCUT2D eigenvalue weighted by molar-refractivity contribution is 5.95. The van der Waals surface area contributed by atoms with Crippen LogP contribution < -0.4 is 20.8 Å². The zero-order valence-electron chi connectivity index (χ0n) is 12.9. The molecule has 6 nitrogen and oxygen atoms in total. The summed E-state index contributed by atoms with van der Waals surface area (Å²) >= 11 is 0. The number of carbonyl (C=O) groups excluding carboxylic acids is 1. The van der Waals surface area contributed by atoms with Gasteiger partial charge in [0.25, 0.3) is 5.91 Å². The number of hydrogen-bond acceptors (Lipinski definition) is 5. The van der Waals surface area contributed by atoms with Crippen LogP contribution in [0.1, 0.15) is 15.9 Å². The van der Waals surface area contributed by atoms with Crippen LogP contribution in [0.5, 0.6) is 11.5 Å². The molecule has 1 aromatic heterocycles. The molecule has 0 bridgehead atoms. The summed E-state index contributed by atoms with van der Waals surface area (Å²) in [6, 6.07) is 13.2. The second kappa shape index (κ2) is 6.45. The van der Waals surface area contributed by atoms with Crippen LogP contribution in [-0.4, -0.2) is 13.0 Å². The normalized spacial score (nSPS) is 10.5. The smallest absolute Gasteiger partial charge is 0.336 e. The largest absolute Gasteiger partial charge is 0.497 e. The summed E-state index contributed by atoms with van der Waals surface area (Å²) in [6.45, 7) is 0.0960. The number of ether oxygens (including phenoxy) is 2. The van der Waals surface area contributed by atoms with Crippen LogP contribution in [0, 0.1) is 0 Å². The molecule has 0 aliphatic carbocycles. The van der Waals surface area contributed by atoms with E-state index in [1.54, 1.807) is 42.5 Å². The van der Waals surface area contributed by atoms with Crippen molar-refractivity contribution >= 4 is 16.9 Å². The molecule has 1 heterocycles. The fourth-order valence-electron chi connectivity index (χ4n) is 2.41. The number of amides is 1. The molecular formula is C18H15NO5. The first-order chi connectivity index (χ1) is 11.6. The number of carbonyl (C=O) groups is 1. The lowest BCUT2D eigenvalue weighted by atomic mass is 10.1. The Hall–Kier alpha value is -3.28. The van der Waals surface area contributed by atoms with Gasteiger partial charge in [-0.1, -0.05) is 12.1 Å². The topological polar surface area (TPSA) is 91.8 Å². The maximum absolute atomic E-state index is 11.8. The molecule has 0 spiro atoms. The molecule has 0 aliphatic heterocycles. The summed E-state index contributed by atoms with van der Waals surface area (Å²) in [4.78, 5) is 23.2. The van der Waals surface area contributed by atoms with Crippen LogP contribution in [-0.2, 0) is 6.61 Å². The van der Waals surface area contributed by atoms with E-state index in [2.05, 4.69) is 0 Å². The highest BCUT2D eigenvalue weighted by Crippen LogP contribution is 2.24. The molecule has 24 heavy (non-hydrogen) atoms. The second-order valence-electron chi connectivity index (χ2n) is 5.10. The molecule has 3 aromatic rings. The highest BCUT2D eigenvalue weighted by Gasteiger charge is 2.11. The zero-order chi connectivity index (χ0) is 17.1. The first-order valence-electron chi connectivity index (χ1n) is 7.21. The number of fused-ring (bicyclic) bond motifs is 1. The van der Waals surface area contributed by atoms with E-state index in [-0.39, 0.29) is 12.2 Å². The third-order valence-electron chi connectivity index (χ3n) is 3.57. The molecular weight excluding hydrogens is 310 g/mol. The van der Waals surface area contributed by atoms with Gasteiger partial charge in [0, 0.05) is 23.1 Å². The minimum absolute atomic E-state index is 0.0960. The van der Waals surface area contributed by atoms with Crippen molar-refractivity contribution in [1.29, 1.82) is 0 Å². The minimum atomic E-state index is -0.576. The predicted octanol–water partition coefficient (Wildman–Crippen LogP) is 2.48. The van der Waals surface area contributed by atoms with E-state index in [0.29, 0.717) is 22.6 Å². The van der Waals surface area contributed by atoms with Crippen LogP contribution in [0.15, 0.2) is 57.7 Å². The lowest BCUT2D eigenvalue weighted by Gasteiger charge is -2.11. The van der Waals surface area contributed by atoms with E-state index in [4.69, 9.17) is 19.6 Å². The van der Waals surface area contributed by atoms with Crippen molar-refractivity contribution in [2.75, 3.05) is 7.11 Å². The average molecular weight is 325 g/mol. The van der Waals surface area contributed by atoms with Gasteiger partial charge >= 0.3 is 5.63 Å². The van der Waals surface area contributed by atoms with Crippen LogP contribution in [0.4, 0.5) is 0 Å². The maximum atomic E-state index is 11.8. The number of para-hydroxylation sites is 1. The van der Waals surface area contributed by atoms with E-state index in [1.807, 2.05) is 0 Å². The van der Waals surface area contributed by atoms with Crippen molar-refractivity contribution in [3.8, 4) is 11.5 Å². The summed E-state index contributed by atoms with van der Waals surface area (Å²) in [6.07, 6.45) is 0. The van der Waals surface area contributed by atoms with Crippen molar-refractivity contribution < 1.29 is 18.7 Å². The molecule has 6 heteroatoms. The fourth-order valence-corrected chi connectivity index (χ4v) is 2.41. The van der Waals surface area contributed by atoms with Gasteiger partial charge in [-0.15, -0.1) is 0 Å². The van der Waals surface area contributed by atoms with E-state index >= 15 is 0 Å². The summed E-state index contributed by atoms with van der Waals surface area (Å²) in [7, 11) is 1.53. The molecule has 0 radical (unpaired) electrons. The summed E-state index contributed by atoms with van der Waals surface area (Å²) in [5.74, 6) is 0.371. The lowest BCUT2D eigenvalue weighted by Crippen LogP contribution is -2.13. The van der Waals surface area contributed by atoms with Crippen molar-refractivity contribution in [3.05, 3.63) is 70.1 Å². The predicted molar refractivity (Wildman–Crippen MR) is 88.3 cm³/mol. The average Bonchev–Trinajstić information content (AvgIpc) is 2.59.